The van der Waals surface area contributed by atoms with Crippen LogP contribution in [0.2, 0.25) is 0 Å². The minimum atomic E-state index is -1.63. The molecule has 326 valence electrons. The van der Waals surface area contributed by atoms with Gasteiger partial charge < -0.3 is 14.6 Å². The third-order valence-corrected chi connectivity index (χ3v) is 9.40. The SMILES string of the molecule is CC(C)(C)OC(=O)N1CCC[C@@H]1C(=O)c1cc(F)c(F)c(F)c1.CON(C)C(=O)[C@H]1CCCN1C(=O)OC(C)(C)C.Cl.O[C@@H](c1cc(F)c(F)c(F)c1)C1CCCC1. The van der Waals surface area contributed by atoms with Crippen molar-refractivity contribution in [1.29, 1.82) is 0 Å². The number of hydroxylamine groups is 2. The summed E-state index contributed by atoms with van der Waals surface area (Å²) in [4.78, 5) is 56.1. The van der Waals surface area contributed by atoms with Gasteiger partial charge in [0.15, 0.2) is 40.7 Å². The number of ketones is 1. The molecule has 1 saturated carbocycles. The number of rotatable bonds is 6. The van der Waals surface area contributed by atoms with Crippen molar-refractivity contribution in [3.8, 4) is 0 Å². The first-order valence-corrected chi connectivity index (χ1v) is 18.8. The monoisotopic (exact) mass is 853 g/mol. The van der Waals surface area contributed by atoms with Gasteiger partial charge in [-0.25, -0.2) is 41.0 Å². The number of Topliss-reactive ketones (excluding diaryl/α,β-unsaturated/α-hetero) is 1. The summed E-state index contributed by atoms with van der Waals surface area (Å²) in [5, 5.41) is 11.1. The normalized spacial score (nSPS) is 18.6. The molecule has 3 atom stereocenters. The molecule has 2 aromatic rings. The fourth-order valence-electron chi connectivity index (χ4n) is 6.62. The van der Waals surface area contributed by atoms with E-state index in [1.165, 1.54) is 24.0 Å². The van der Waals surface area contributed by atoms with Gasteiger partial charge in [0, 0.05) is 25.7 Å². The van der Waals surface area contributed by atoms with E-state index in [9.17, 15) is 50.6 Å². The number of hydrogen-bond acceptors (Lipinski definition) is 8. The molecule has 18 heteroatoms. The van der Waals surface area contributed by atoms with Crippen molar-refractivity contribution in [2.45, 2.75) is 122 Å². The zero-order valence-electron chi connectivity index (χ0n) is 34.0. The Kier molecular flexibility index (Phi) is 18.3. The molecule has 2 aliphatic heterocycles. The number of aliphatic hydroxyl groups is 1. The van der Waals surface area contributed by atoms with E-state index in [2.05, 4.69) is 0 Å². The van der Waals surface area contributed by atoms with E-state index < -0.39 is 82.3 Å². The fourth-order valence-corrected chi connectivity index (χ4v) is 6.62. The first-order valence-electron chi connectivity index (χ1n) is 18.8. The van der Waals surface area contributed by atoms with Crippen molar-refractivity contribution in [3.05, 3.63) is 70.3 Å². The number of hydrogen-bond donors (Lipinski definition) is 1. The van der Waals surface area contributed by atoms with E-state index in [0.29, 0.717) is 44.5 Å². The fraction of sp³-hybridized carbons (Fsp3) is 0.600. The van der Waals surface area contributed by atoms with Crippen molar-refractivity contribution in [1.82, 2.24) is 14.9 Å². The zero-order valence-corrected chi connectivity index (χ0v) is 34.8. The third kappa shape index (κ3) is 13.8. The van der Waals surface area contributed by atoms with Crippen LogP contribution < -0.4 is 0 Å². The molecule has 1 N–H and O–H groups in total. The molecule has 0 radical (unpaired) electrons. The molecule has 0 unspecified atom stereocenters. The van der Waals surface area contributed by atoms with Gasteiger partial charge in [0.2, 0.25) is 0 Å². The van der Waals surface area contributed by atoms with Crippen LogP contribution in [0.4, 0.5) is 35.9 Å². The predicted molar refractivity (Wildman–Crippen MR) is 203 cm³/mol. The lowest BCUT2D eigenvalue weighted by atomic mass is 9.94. The van der Waals surface area contributed by atoms with Crippen molar-refractivity contribution >= 4 is 36.3 Å². The Bertz CT molecular complexity index is 1710. The van der Waals surface area contributed by atoms with Crippen LogP contribution >= 0.6 is 12.4 Å². The number of carbonyl (C=O) groups excluding carboxylic acids is 4. The van der Waals surface area contributed by atoms with Crippen molar-refractivity contribution in [2.24, 2.45) is 5.92 Å². The maximum Gasteiger partial charge on any atom is 0.410 e. The second-order valence-electron chi connectivity index (χ2n) is 16.1. The number of nitrogens with zero attached hydrogens (tertiary/aromatic N) is 3. The largest absolute Gasteiger partial charge is 0.444 e. The molecule has 3 amide bonds. The summed E-state index contributed by atoms with van der Waals surface area (Å²) in [6, 6.07) is 1.69. The Balaban J connectivity index is 0.000000303. The Morgan fingerprint density at radius 2 is 1.09 bits per heavy atom. The zero-order chi connectivity index (χ0) is 43.0. The Hall–Kier alpha value is -4.09. The van der Waals surface area contributed by atoms with Gasteiger partial charge in [0.05, 0.1) is 19.3 Å². The highest BCUT2D eigenvalue weighted by Gasteiger charge is 2.39. The molecule has 0 bridgehead atoms. The minimum Gasteiger partial charge on any atom is -0.444 e. The standard InChI is InChI=1S/C16H18F3NO3.C12H13F3O.C12H22N2O4.ClH/c1-16(2,3)23-15(22)20-6-4-5-12(20)14(21)9-7-10(17)13(19)11(18)8-9;13-9-5-8(6-10(14)11(9)15)12(16)7-3-1-2-4-7;1-12(2,3)18-11(16)14-8-6-7-9(14)10(15)13(4)17-5;/h7-8,12H,4-6H2,1-3H3;5-7,12,16H,1-4H2;9H,6-8H2,1-5H3;1H/t2*12-;9-;/m111./s1. The van der Waals surface area contributed by atoms with Gasteiger partial charge in [-0.1, -0.05) is 12.8 Å². The number of aliphatic hydroxyl groups excluding tert-OH is 1. The molecule has 3 aliphatic rings. The highest BCUT2D eigenvalue weighted by molar-refractivity contribution is 6.01. The molecule has 0 spiro atoms. The van der Waals surface area contributed by atoms with Gasteiger partial charge in [-0.15, -0.1) is 12.4 Å². The molecule has 0 aromatic heterocycles. The van der Waals surface area contributed by atoms with E-state index in [1.54, 1.807) is 41.5 Å². The minimum absolute atomic E-state index is 0. The molecule has 2 saturated heterocycles. The Labute approximate surface area is 341 Å². The second kappa shape index (κ2) is 21.3. The molecule has 58 heavy (non-hydrogen) atoms. The number of ether oxygens (including phenoxy) is 2. The maximum absolute atomic E-state index is 13.3. The van der Waals surface area contributed by atoms with E-state index in [0.717, 1.165) is 49.3 Å². The molecular formula is C40H54ClF6N3O8. The molecule has 5 rings (SSSR count). The van der Waals surface area contributed by atoms with Crippen LogP contribution in [0.25, 0.3) is 0 Å². The summed E-state index contributed by atoms with van der Waals surface area (Å²) in [6.07, 6.45) is 4.12. The van der Waals surface area contributed by atoms with Crippen LogP contribution in [0.1, 0.15) is 115 Å². The van der Waals surface area contributed by atoms with Gasteiger partial charge in [0.1, 0.15) is 17.2 Å². The molecule has 3 fully saturated rings. The van der Waals surface area contributed by atoms with Gasteiger partial charge >= 0.3 is 12.2 Å². The maximum atomic E-state index is 13.3. The Morgan fingerprint density at radius 3 is 1.50 bits per heavy atom. The summed E-state index contributed by atoms with van der Waals surface area (Å²) in [5.41, 5.74) is -1.45. The smallest absolute Gasteiger partial charge is 0.410 e. The quantitative estimate of drug-likeness (QED) is 0.132. The second-order valence-corrected chi connectivity index (χ2v) is 16.1. The van der Waals surface area contributed by atoms with Crippen LogP contribution in [0.3, 0.4) is 0 Å². The van der Waals surface area contributed by atoms with Gasteiger partial charge in [-0.3, -0.25) is 24.2 Å². The average Bonchev–Trinajstić information content (AvgIpc) is 3.93. The van der Waals surface area contributed by atoms with Gasteiger partial charge in [-0.05, 0) is 116 Å². The summed E-state index contributed by atoms with van der Waals surface area (Å²) < 4.78 is 88.7. The highest BCUT2D eigenvalue weighted by Crippen LogP contribution is 2.36. The summed E-state index contributed by atoms with van der Waals surface area (Å²) in [7, 11) is 2.96. The van der Waals surface area contributed by atoms with Crippen LogP contribution in [0.15, 0.2) is 24.3 Å². The first kappa shape index (κ1) is 50.1. The molecular weight excluding hydrogens is 800 g/mol. The third-order valence-electron chi connectivity index (χ3n) is 9.40. The number of likely N-dealkylation sites (tertiary alicyclic amines) is 2. The van der Waals surface area contributed by atoms with E-state index in [-0.39, 0.29) is 35.4 Å². The summed E-state index contributed by atoms with van der Waals surface area (Å²) in [6.45, 7) is 11.4. The van der Waals surface area contributed by atoms with Crippen LogP contribution in [0, 0.1) is 40.8 Å². The Morgan fingerprint density at radius 1 is 0.690 bits per heavy atom. The number of likely N-dealkylation sites (N-methyl/N-ethyl adjacent to an activating group) is 1. The molecule has 11 nitrogen and oxygen atoms in total. The van der Waals surface area contributed by atoms with Crippen molar-refractivity contribution < 1.29 is 64.9 Å². The molecule has 2 aromatic carbocycles. The van der Waals surface area contributed by atoms with E-state index in [4.69, 9.17) is 14.3 Å². The van der Waals surface area contributed by atoms with Crippen LogP contribution in [-0.2, 0) is 19.1 Å². The number of halogens is 7. The summed E-state index contributed by atoms with van der Waals surface area (Å²) in [5.74, 6) is -9.29. The molecule has 2 heterocycles. The number of carbonyl (C=O) groups is 4. The van der Waals surface area contributed by atoms with Gasteiger partial charge in [-0.2, -0.15) is 0 Å². The lowest BCUT2D eigenvalue weighted by Gasteiger charge is -2.29. The van der Waals surface area contributed by atoms with Crippen molar-refractivity contribution in [3.63, 3.8) is 0 Å². The topological polar surface area (TPSA) is 126 Å². The predicted octanol–water partition coefficient (Wildman–Crippen LogP) is 8.84. The van der Waals surface area contributed by atoms with Crippen molar-refractivity contribution in [2.75, 3.05) is 27.2 Å². The first-order chi connectivity index (χ1) is 26.4. The lowest BCUT2D eigenvalue weighted by molar-refractivity contribution is -0.173. The number of benzene rings is 2. The number of amides is 3. The van der Waals surface area contributed by atoms with E-state index >= 15 is 0 Å². The highest BCUT2D eigenvalue weighted by atomic mass is 35.5. The van der Waals surface area contributed by atoms with E-state index in [1.807, 2.05) is 0 Å². The lowest BCUT2D eigenvalue weighted by Crippen LogP contribution is -2.47. The molecule has 1 aliphatic carbocycles. The van der Waals surface area contributed by atoms with Crippen LogP contribution in [0.5, 0.6) is 0 Å². The van der Waals surface area contributed by atoms with Gasteiger partial charge in [0.25, 0.3) is 5.91 Å². The average molecular weight is 854 g/mol. The summed E-state index contributed by atoms with van der Waals surface area (Å²) >= 11 is 0. The van der Waals surface area contributed by atoms with Crippen LogP contribution in [-0.4, -0.2) is 94.4 Å².